The van der Waals surface area contributed by atoms with Crippen LogP contribution in [0.1, 0.15) is 211 Å². The van der Waals surface area contributed by atoms with E-state index in [4.69, 9.17) is 0 Å². The number of hydrogen-bond acceptors (Lipinski definition) is 0. The Morgan fingerprint density at radius 3 is 0.667 bits per heavy atom. The molecule has 0 saturated heterocycles. The average Bonchev–Trinajstić information content (AvgIpc) is 3.23. The Bertz CT molecular complexity index is 3500. The summed E-state index contributed by atoms with van der Waals surface area (Å²) < 4.78 is 0. The first-order chi connectivity index (χ1) is 32.9. The van der Waals surface area contributed by atoms with Gasteiger partial charge in [-0.05, 0) is 174 Å². The Morgan fingerprint density at radius 2 is 0.417 bits per heavy atom. The molecule has 0 aliphatic carbocycles. The molecule has 0 aliphatic heterocycles. The molecule has 376 valence electrons. The van der Waals surface area contributed by atoms with E-state index in [1.165, 1.54) is 120 Å². The van der Waals surface area contributed by atoms with Crippen molar-refractivity contribution in [3.8, 4) is 0 Å². The van der Waals surface area contributed by atoms with Crippen LogP contribution in [0.2, 0.25) is 0 Å². The monoisotopic (exact) mass is 953 g/mol. The third kappa shape index (κ3) is 8.07. The Labute approximate surface area is 435 Å². The number of rotatable bonds is 0. The molecule has 72 heavy (non-hydrogen) atoms. The van der Waals surface area contributed by atoms with Crippen molar-refractivity contribution >= 4 is 86.2 Å². The zero-order valence-electron chi connectivity index (χ0n) is 49.2. The van der Waals surface area contributed by atoms with E-state index >= 15 is 0 Å². The van der Waals surface area contributed by atoms with Gasteiger partial charge >= 0.3 is 0 Å². The molecule has 0 aliphatic rings. The third-order valence-corrected chi connectivity index (χ3v) is 16.0. The van der Waals surface area contributed by atoms with Crippen molar-refractivity contribution in [2.75, 3.05) is 0 Å². The fourth-order valence-corrected chi connectivity index (χ4v) is 13.5. The quantitative estimate of drug-likeness (QED) is 0.105. The topological polar surface area (TPSA) is 0 Å². The van der Waals surface area contributed by atoms with Crippen LogP contribution >= 0.6 is 0 Å². The summed E-state index contributed by atoms with van der Waals surface area (Å²) in [6.45, 7) is 57.8. The van der Waals surface area contributed by atoms with Crippen molar-refractivity contribution in [2.24, 2.45) is 0 Å². The van der Waals surface area contributed by atoms with Crippen LogP contribution < -0.4 is 0 Å². The molecule has 0 unspecified atom stereocenters. The minimum atomic E-state index is -0.00437. The van der Waals surface area contributed by atoms with Crippen LogP contribution in [-0.2, 0) is 43.3 Å². The molecule has 10 aromatic rings. The Morgan fingerprint density at radius 1 is 0.181 bits per heavy atom. The van der Waals surface area contributed by atoms with Gasteiger partial charge in [-0.3, -0.25) is 0 Å². The molecule has 0 atom stereocenters. The van der Waals surface area contributed by atoms with E-state index in [9.17, 15) is 0 Å². The molecule has 0 nitrogen and oxygen atoms in total. The summed E-state index contributed by atoms with van der Waals surface area (Å²) in [6, 6.07) is 37.2. The molecule has 0 fully saturated rings. The smallest absolute Gasteiger partial charge is 0.00172 e. The molecule has 0 aromatic heterocycles. The maximum absolute atomic E-state index is 2.44. The summed E-state index contributed by atoms with van der Waals surface area (Å²) in [7, 11) is 0. The first-order valence-corrected chi connectivity index (χ1v) is 27.3. The van der Waals surface area contributed by atoms with Crippen LogP contribution in [0, 0.1) is 0 Å². The molecule has 0 bridgehead atoms. The lowest BCUT2D eigenvalue weighted by atomic mass is 9.63. The van der Waals surface area contributed by atoms with Crippen molar-refractivity contribution in [1.29, 1.82) is 0 Å². The second-order valence-corrected chi connectivity index (χ2v) is 30.2. The summed E-state index contributed by atoms with van der Waals surface area (Å²) in [5.74, 6) is 0. The van der Waals surface area contributed by atoms with Gasteiger partial charge in [0.2, 0.25) is 0 Å². The van der Waals surface area contributed by atoms with Crippen LogP contribution in [-0.4, -0.2) is 0 Å². The third-order valence-electron chi connectivity index (χ3n) is 16.0. The van der Waals surface area contributed by atoms with Gasteiger partial charge in [0.05, 0.1) is 0 Å². The summed E-state index contributed by atoms with van der Waals surface area (Å²) in [5, 5.41) is 22.7. The van der Waals surface area contributed by atoms with Gasteiger partial charge in [0.25, 0.3) is 0 Å². The standard InChI is InChI=1S/2C36H44/c2*1-33(2,3)25-20-19-23-22-17-13-15-21-16-14-18-24(26(21)22)28-27(23)29(25)31(35(7,8)9)32(36(10,11)12)30(28)34(4,5)6/h2*13-20H,1-12H3. The fraction of sp³-hybridized carbons (Fsp3) is 0.444. The van der Waals surface area contributed by atoms with E-state index in [2.05, 4.69) is 263 Å². The van der Waals surface area contributed by atoms with E-state index in [0.717, 1.165) is 0 Å². The summed E-state index contributed by atoms with van der Waals surface area (Å²) >= 11 is 0. The second-order valence-electron chi connectivity index (χ2n) is 30.2. The highest BCUT2D eigenvalue weighted by atomic mass is 14.4. The molecular weight excluding hydrogens is 865 g/mol. The fourth-order valence-electron chi connectivity index (χ4n) is 13.5. The Kier molecular flexibility index (Phi) is 11.6. The van der Waals surface area contributed by atoms with E-state index in [0.29, 0.717) is 0 Å². The van der Waals surface area contributed by atoms with Crippen molar-refractivity contribution in [3.63, 3.8) is 0 Å². The van der Waals surface area contributed by atoms with Crippen LogP contribution in [0.3, 0.4) is 0 Å². The first-order valence-electron chi connectivity index (χ1n) is 27.3. The first kappa shape index (κ1) is 51.7. The zero-order chi connectivity index (χ0) is 53.2. The lowest BCUT2D eigenvalue weighted by Crippen LogP contribution is -2.30. The largest absolute Gasteiger partial charge is 0.0610 e. The zero-order valence-corrected chi connectivity index (χ0v) is 49.2. The van der Waals surface area contributed by atoms with Crippen LogP contribution in [0.5, 0.6) is 0 Å². The van der Waals surface area contributed by atoms with Gasteiger partial charge in [-0.15, -0.1) is 0 Å². The highest BCUT2D eigenvalue weighted by Gasteiger charge is 2.40. The van der Waals surface area contributed by atoms with E-state index in [-0.39, 0.29) is 43.3 Å². The highest BCUT2D eigenvalue weighted by molar-refractivity contribution is 6.36. The van der Waals surface area contributed by atoms with E-state index in [1.807, 2.05) is 0 Å². The van der Waals surface area contributed by atoms with Gasteiger partial charge in [0, 0.05) is 0 Å². The molecule has 0 N–H and O–H groups in total. The van der Waals surface area contributed by atoms with E-state index < -0.39 is 0 Å². The average molecular weight is 953 g/mol. The molecular formula is C72H88. The Hall–Kier alpha value is -5.20. The van der Waals surface area contributed by atoms with Crippen molar-refractivity contribution in [2.45, 2.75) is 209 Å². The lowest BCUT2D eigenvalue weighted by molar-refractivity contribution is 0.503. The van der Waals surface area contributed by atoms with Crippen LogP contribution in [0.25, 0.3) is 86.2 Å². The minimum Gasteiger partial charge on any atom is -0.0610 e. The molecule has 10 aromatic carbocycles. The SMILES string of the molecule is CC(C)(C)c1c(C(C)(C)C)c2c(C(C)(C)C)ccc3c4cccc5cccc(c(c1C(C)(C)C)c23)c54.CC(C)(C)c1c(C(C)(C)C)c2c(C(C)(C)C)ccc3c4cccc5cccc(c(c1C(C)(C)C)c23)c54. The number of hydrogen-bond donors (Lipinski definition) is 0. The Balaban J connectivity index is 0.000000178. The normalized spacial score (nSPS) is 14.1. The van der Waals surface area contributed by atoms with Gasteiger partial charge in [0.15, 0.2) is 0 Å². The van der Waals surface area contributed by atoms with Crippen LogP contribution in [0.15, 0.2) is 97.1 Å². The summed E-state index contributed by atoms with van der Waals surface area (Å²) in [6.07, 6.45) is 0. The highest BCUT2D eigenvalue weighted by Crippen LogP contribution is 2.56. The van der Waals surface area contributed by atoms with Crippen molar-refractivity contribution in [3.05, 3.63) is 142 Å². The molecule has 0 heterocycles. The lowest BCUT2D eigenvalue weighted by Gasteiger charge is -2.40. The van der Waals surface area contributed by atoms with Gasteiger partial charge in [-0.25, -0.2) is 0 Å². The molecule has 0 amide bonds. The number of fused-ring (bicyclic) bond motifs is 4. The number of benzene rings is 10. The van der Waals surface area contributed by atoms with Crippen molar-refractivity contribution < 1.29 is 0 Å². The van der Waals surface area contributed by atoms with Gasteiger partial charge in [0.1, 0.15) is 0 Å². The maximum Gasteiger partial charge on any atom is -0.00172 e. The summed E-state index contributed by atoms with van der Waals surface area (Å²) in [4.78, 5) is 0. The molecule has 10 rings (SSSR count). The molecule has 0 spiro atoms. The summed E-state index contributed by atoms with van der Waals surface area (Å²) in [5.41, 5.74) is 12.2. The predicted molar refractivity (Wildman–Crippen MR) is 325 cm³/mol. The predicted octanol–water partition coefficient (Wildman–Crippen LogP) is 21.9. The maximum atomic E-state index is 2.44. The van der Waals surface area contributed by atoms with Gasteiger partial charge in [-0.1, -0.05) is 263 Å². The molecule has 0 radical (unpaired) electrons. The second kappa shape index (κ2) is 16.1. The van der Waals surface area contributed by atoms with Crippen molar-refractivity contribution in [1.82, 2.24) is 0 Å². The molecule has 0 heteroatoms. The molecule has 0 saturated carbocycles. The minimum absolute atomic E-state index is 0.00272. The van der Waals surface area contributed by atoms with E-state index in [1.54, 1.807) is 11.1 Å². The van der Waals surface area contributed by atoms with Gasteiger partial charge in [-0.2, -0.15) is 0 Å². The van der Waals surface area contributed by atoms with Crippen LogP contribution in [0.4, 0.5) is 0 Å². The van der Waals surface area contributed by atoms with Gasteiger partial charge < -0.3 is 0 Å².